The average Bonchev–Trinajstić information content (AvgIpc) is 2.46. The van der Waals surface area contributed by atoms with Crippen molar-refractivity contribution in [2.24, 2.45) is 5.92 Å². The minimum Gasteiger partial charge on any atom is -0.392 e. The van der Waals surface area contributed by atoms with E-state index in [1.165, 1.54) is 0 Å². The maximum atomic E-state index is 11.8. The summed E-state index contributed by atoms with van der Waals surface area (Å²) in [6.07, 6.45) is 0.276. The second-order valence-electron chi connectivity index (χ2n) is 5.08. The molecule has 1 heterocycles. The topological polar surface area (TPSA) is 54.4 Å². The van der Waals surface area contributed by atoms with Gasteiger partial charge in [-0.1, -0.05) is 0 Å². The molecular formula is C10H20O3S2. The second kappa shape index (κ2) is 4.63. The van der Waals surface area contributed by atoms with Crippen LogP contribution in [0.4, 0.5) is 0 Å². The monoisotopic (exact) mass is 252 g/mol. The molecule has 2 unspecified atom stereocenters. The molecule has 0 aromatic heterocycles. The fourth-order valence-electron chi connectivity index (χ4n) is 1.48. The van der Waals surface area contributed by atoms with Gasteiger partial charge in [-0.2, -0.15) is 11.8 Å². The minimum atomic E-state index is -3.03. The molecule has 1 saturated heterocycles. The first-order chi connectivity index (χ1) is 6.74. The third-order valence-corrected chi connectivity index (χ3v) is 6.74. The Hall–Kier alpha value is 0.260. The molecule has 0 radical (unpaired) electrons. The first-order valence-corrected chi connectivity index (χ1v) is 8.03. The van der Waals surface area contributed by atoms with Gasteiger partial charge in [0.2, 0.25) is 0 Å². The molecule has 0 aromatic rings. The van der Waals surface area contributed by atoms with E-state index in [2.05, 4.69) is 0 Å². The Morgan fingerprint density at radius 1 is 1.33 bits per heavy atom. The fraction of sp³-hybridized carbons (Fsp3) is 1.00. The Kier molecular flexibility index (Phi) is 4.12. The molecule has 1 aliphatic heterocycles. The van der Waals surface area contributed by atoms with Crippen molar-refractivity contribution in [1.29, 1.82) is 0 Å². The molecule has 1 N–H and O–H groups in total. The highest BCUT2D eigenvalue weighted by Crippen LogP contribution is 2.28. The van der Waals surface area contributed by atoms with Crippen molar-refractivity contribution in [2.45, 2.75) is 38.0 Å². The largest absolute Gasteiger partial charge is 0.392 e. The third kappa shape index (κ3) is 3.36. The molecule has 3 nitrogen and oxygen atoms in total. The summed E-state index contributed by atoms with van der Waals surface area (Å²) in [5, 5.41) is 9.57. The van der Waals surface area contributed by atoms with Crippen LogP contribution in [0.3, 0.4) is 0 Å². The van der Waals surface area contributed by atoms with Gasteiger partial charge in [-0.3, -0.25) is 0 Å². The van der Waals surface area contributed by atoms with Crippen LogP contribution in [0.15, 0.2) is 0 Å². The van der Waals surface area contributed by atoms with Crippen molar-refractivity contribution < 1.29 is 13.5 Å². The number of hydrogen-bond acceptors (Lipinski definition) is 4. The Morgan fingerprint density at radius 2 is 1.93 bits per heavy atom. The van der Waals surface area contributed by atoms with Crippen LogP contribution in [0.25, 0.3) is 0 Å². The maximum Gasteiger partial charge on any atom is 0.155 e. The molecule has 15 heavy (non-hydrogen) atoms. The van der Waals surface area contributed by atoms with Gasteiger partial charge in [-0.25, -0.2) is 8.42 Å². The summed E-state index contributed by atoms with van der Waals surface area (Å²) in [4.78, 5) is 0. The molecule has 0 amide bonds. The zero-order chi connectivity index (χ0) is 11.7. The summed E-state index contributed by atoms with van der Waals surface area (Å²) in [6.45, 7) is 5.17. The summed E-state index contributed by atoms with van der Waals surface area (Å²) >= 11 is 1.70. The minimum absolute atomic E-state index is 0.159. The van der Waals surface area contributed by atoms with Gasteiger partial charge in [-0.15, -0.1) is 0 Å². The van der Waals surface area contributed by atoms with Crippen molar-refractivity contribution in [2.75, 3.05) is 17.3 Å². The lowest BCUT2D eigenvalue weighted by atomic mass is 10.0. The predicted molar refractivity (Wildman–Crippen MR) is 65.0 cm³/mol. The summed E-state index contributed by atoms with van der Waals surface area (Å²) in [7, 11) is -3.03. The van der Waals surface area contributed by atoms with Gasteiger partial charge in [0.25, 0.3) is 0 Å². The number of thioether (sulfide) groups is 1. The molecule has 5 heteroatoms. The number of hydrogen-bond donors (Lipinski definition) is 1. The van der Waals surface area contributed by atoms with E-state index in [1.807, 2.05) is 0 Å². The highest BCUT2D eigenvalue weighted by atomic mass is 32.2. The zero-order valence-electron chi connectivity index (χ0n) is 9.56. The molecule has 0 spiro atoms. The lowest BCUT2D eigenvalue weighted by molar-refractivity contribution is 0.148. The lowest BCUT2D eigenvalue weighted by Gasteiger charge is -2.21. The van der Waals surface area contributed by atoms with Gasteiger partial charge in [0.15, 0.2) is 9.84 Å². The first kappa shape index (κ1) is 13.3. The van der Waals surface area contributed by atoms with Crippen LogP contribution < -0.4 is 0 Å². The first-order valence-electron chi connectivity index (χ1n) is 5.22. The number of aliphatic hydroxyl groups excluding tert-OH is 1. The number of sulfone groups is 1. The van der Waals surface area contributed by atoms with Gasteiger partial charge in [0, 0.05) is 5.75 Å². The van der Waals surface area contributed by atoms with Crippen LogP contribution in [0, 0.1) is 5.92 Å². The highest BCUT2D eigenvalue weighted by Gasteiger charge is 2.32. The van der Waals surface area contributed by atoms with Gasteiger partial charge in [0.05, 0.1) is 16.6 Å². The summed E-state index contributed by atoms with van der Waals surface area (Å²) in [6, 6.07) is 0. The van der Waals surface area contributed by atoms with Crippen LogP contribution in [0.5, 0.6) is 0 Å². The smallest absolute Gasteiger partial charge is 0.155 e. The van der Waals surface area contributed by atoms with E-state index >= 15 is 0 Å². The zero-order valence-corrected chi connectivity index (χ0v) is 11.2. The fourth-order valence-corrected chi connectivity index (χ4v) is 4.04. The van der Waals surface area contributed by atoms with E-state index < -0.39 is 14.6 Å². The molecular weight excluding hydrogens is 232 g/mol. The highest BCUT2D eigenvalue weighted by molar-refractivity contribution is 7.99. The normalized spacial score (nSPS) is 28.3. The SMILES string of the molecule is CC(C)(C)S(=O)(=O)CCC1CSCC1O. The van der Waals surface area contributed by atoms with Gasteiger partial charge in [0.1, 0.15) is 0 Å². The molecule has 0 aliphatic carbocycles. The van der Waals surface area contributed by atoms with Crippen LogP contribution in [-0.2, 0) is 9.84 Å². The van der Waals surface area contributed by atoms with Gasteiger partial charge >= 0.3 is 0 Å². The molecule has 0 bridgehead atoms. The van der Waals surface area contributed by atoms with Crippen molar-refractivity contribution in [3.8, 4) is 0 Å². The average molecular weight is 252 g/mol. The molecule has 2 atom stereocenters. The van der Waals surface area contributed by atoms with E-state index in [4.69, 9.17) is 0 Å². The Morgan fingerprint density at radius 3 is 2.33 bits per heavy atom. The van der Waals surface area contributed by atoms with Crippen molar-refractivity contribution in [3.05, 3.63) is 0 Å². The standard InChI is InChI=1S/C10H20O3S2/c1-10(2,3)15(12,13)5-4-8-6-14-7-9(8)11/h8-9,11H,4-7H2,1-3H3. The summed E-state index contributed by atoms with van der Waals surface area (Å²) in [5.41, 5.74) is 0. The van der Waals surface area contributed by atoms with E-state index in [1.54, 1.807) is 32.5 Å². The van der Waals surface area contributed by atoms with Crippen molar-refractivity contribution in [3.63, 3.8) is 0 Å². The quantitative estimate of drug-likeness (QED) is 0.823. The molecule has 90 valence electrons. The van der Waals surface area contributed by atoms with E-state index in [9.17, 15) is 13.5 Å². The predicted octanol–water partition coefficient (Wildman–Crippen LogP) is 1.31. The van der Waals surface area contributed by atoms with E-state index in [-0.39, 0.29) is 17.8 Å². The van der Waals surface area contributed by atoms with Crippen molar-refractivity contribution in [1.82, 2.24) is 0 Å². The molecule has 0 aromatic carbocycles. The van der Waals surface area contributed by atoms with E-state index in [0.29, 0.717) is 6.42 Å². The lowest BCUT2D eigenvalue weighted by Crippen LogP contribution is -2.32. The summed E-state index contributed by atoms with van der Waals surface area (Å²) in [5.74, 6) is 1.99. The Labute approximate surface area is 96.6 Å². The third-order valence-electron chi connectivity index (χ3n) is 2.86. The molecule has 1 fully saturated rings. The van der Waals surface area contributed by atoms with E-state index in [0.717, 1.165) is 11.5 Å². The maximum absolute atomic E-state index is 11.8. The number of aliphatic hydroxyl groups is 1. The molecule has 0 saturated carbocycles. The summed E-state index contributed by atoms with van der Waals surface area (Å²) < 4.78 is 23.0. The van der Waals surface area contributed by atoms with Crippen molar-refractivity contribution >= 4 is 21.6 Å². The van der Waals surface area contributed by atoms with Gasteiger partial charge < -0.3 is 5.11 Å². The Balaban J connectivity index is 2.50. The van der Waals surface area contributed by atoms with Gasteiger partial charge in [-0.05, 0) is 38.9 Å². The Bertz CT molecular complexity index is 303. The van der Waals surface area contributed by atoms with Crippen LogP contribution in [0.1, 0.15) is 27.2 Å². The van der Waals surface area contributed by atoms with Crippen LogP contribution >= 0.6 is 11.8 Å². The molecule has 1 aliphatic rings. The second-order valence-corrected chi connectivity index (χ2v) is 9.02. The van der Waals surface area contributed by atoms with Crippen LogP contribution in [0.2, 0.25) is 0 Å². The van der Waals surface area contributed by atoms with Crippen LogP contribution in [-0.4, -0.2) is 41.6 Å². The molecule has 1 rings (SSSR count). The number of rotatable bonds is 3.